The van der Waals surface area contributed by atoms with Crippen molar-refractivity contribution in [1.82, 2.24) is 0 Å². The summed E-state index contributed by atoms with van der Waals surface area (Å²) in [5.41, 5.74) is 2.89. The van der Waals surface area contributed by atoms with Crippen molar-refractivity contribution in [3.05, 3.63) is 94.5 Å². The number of ether oxygens (including phenoxy) is 2. The summed E-state index contributed by atoms with van der Waals surface area (Å²) in [6.45, 7) is 1.70. The number of hydrogen-bond acceptors (Lipinski definition) is 5. The van der Waals surface area contributed by atoms with Gasteiger partial charge in [0.05, 0.1) is 11.1 Å². The molecule has 0 N–H and O–H groups in total. The van der Waals surface area contributed by atoms with Crippen LogP contribution in [0.3, 0.4) is 0 Å². The molecule has 156 valence electrons. The van der Waals surface area contributed by atoms with Crippen LogP contribution in [0.25, 0.3) is 6.08 Å². The van der Waals surface area contributed by atoms with Crippen molar-refractivity contribution in [3.63, 3.8) is 0 Å². The van der Waals surface area contributed by atoms with E-state index in [4.69, 9.17) is 9.47 Å². The lowest BCUT2D eigenvalue weighted by molar-refractivity contribution is 0.0732. The van der Waals surface area contributed by atoms with Gasteiger partial charge in [0.15, 0.2) is 5.76 Å². The summed E-state index contributed by atoms with van der Waals surface area (Å²) in [4.78, 5) is 27.1. The number of hydrogen-bond donors (Lipinski definition) is 0. The maximum Gasteiger partial charge on any atom is 0.343 e. The van der Waals surface area contributed by atoms with E-state index in [9.17, 15) is 14.0 Å². The summed E-state index contributed by atoms with van der Waals surface area (Å²) in [7, 11) is 3.91. The number of nitrogens with zero attached hydrogens (tertiary/aromatic N) is 1. The number of fused-ring (bicyclic) bond motifs is 1. The van der Waals surface area contributed by atoms with E-state index in [1.807, 2.05) is 43.3 Å². The highest BCUT2D eigenvalue weighted by Crippen LogP contribution is 2.39. The minimum atomic E-state index is -0.691. The van der Waals surface area contributed by atoms with Crippen molar-refractivity contribution in [2.45, 2.75) is 6.92 Å². The Labute approximate surface area is 179 Å². The van der Waals surface area contributed by atoms with E-state index in [1.54, 1.807) is 25.1 Å². The fourth-order valence-electron chi connectivity index (χ4n) is 3.27. The highest BCUT2D eigenvalue weighted by Gasteiger charge is 2.30. The van der Waals surface area contributed by atoms with Crippen LogP contribution in [0.4, 0.5) is 10.1 Å². The van der Waals surface area contributed by atoms with Crippen LogP contribution in [0.5, 0.6) is 11.5 Å². The number of carbonyl (C=O) groups excluding carboxylic acids is 2. The third kappa shape index (κ3) is 4.05. The first kappa shape index (κ1) is 20.3. The van der Waals surface area contributed by atoms with Gasteiger partial charge in [-0.2, -0.15) is 0 Å². The lowest BCUT2D eigenvalue weighted by Gasteiger charge is -2.12. The molecule has 0 spiro atoms. The summed E-state index contributed by atoms with van der Waals surface area (Å²) in [5, 5.41) is 0. The van der Waals surface area contributed by atoms with Gasteiger partial charge < -0.3 is 14.4 Å². The van der Waals surface area contributed by atoms with Crippen molar-refractivity contribution in [2.24, 2.45) is 0 Å². The monoisotopic (exact) mass is 417 g/mol. The Morgan fingerprint density at radius 3 is 2.48 bits per heavy atom. The van der Waals surface area contributed by atoms with Gasteiger partial charge in [-0.05, 0) is 61.0 Å². The second-order valence-electron chi connectivity index (χ2n) is 7.39. The van der Waals surface area contributed by atoms with Gasteiger partial charge in [0.1, 0.15) is 17.3 Å². The lowest BCUT2D eigenvalue weighted by Crippen LogP contribution is -2.09. The van der Waals surface area contributed by atoms with E-state index in [2.05, 4.69) is 0 Å². The number of halogens is 1. The van der Waals surface area contributed by atoms with Crippen LogP contribution < -0.4 is 14.4 Å². The molecule has 1 heterocycles. The molecule has 1 aliphatic heterocycles. The largest absolute Gasteiger partial charge is 0.452 e. The first-order chi connectivity index (χ1) is 14.8. The minimum Gasteiger partial charge on any atom is -0.452 e. The number of ketones is 1. The molecule has 3 aromatic carbocycles. The van der Waals surface area contributed by atoms with Gasteiger partial charge in [0.2, 0.25) is 5.78 Å². The summed E-state index contributed by atoms with van der Waals surface area (Å²) >= 11 is 0. The third-order valence-corrected chi connectivity index (χ3v) is 5.01. The molecular formula is C25H20FNO4. The van der Waals surface area contributed by atoms with Crippen LogP contribution >= 0.6 is 0 Å². The fraction of sp³-hybridized carbons (Fsp3) is 0.120. The number of esters is 1. The molecule has 6 heteroatoms. The summed E-state index contributed by atoms with van der Waals surface area (Å²) in [6.07, 6.45) is 1.68. The van der Waals surface area contributed by atoms with Crippen molar-refractivity contribution < 1.29 is 23.5 Å². The molecule has 0 aliphatic carbocycles. The molecule has 0 unspecified atom stereocenters. The van der Waals surface area contributed by atoms with Gasteiger partial charge in [-0.15, -0.1) is 0 Å². The van der Waals surface area contributed by atoms with E-state index in [-0.39, 0.29) is 22.9 Å². The van der Waals surface area contributed by atoms with Crippen molar-refractivity contribution in [3.8, 4) is 11.5 Å². The second kappa shape index (κ2) is 8.07. The highest BCUT2D eigenvalue weighted by atomic mass is 19.1. The first-order valence-electron chi connectivity index (χ1n) is 9.66. The van der Waals surface area contributed by atoms with Crippen molar-refractivity contribution in [1.29, 1.82) is 0 Å². The Bertz CT molecular complexity index is 1210. The Morgan fingerprint density at radius 2 is 1.81 bits per heavy atom. The Hall–Kier alpha value is -3.93. The molecule has 0 atom stereocenters. The van der Waals surface area contributed by atoms with E-state index in [1.165, 1.54) is 18.2 Å². The van der Waals surface area contributed by atoms with Crippen molar-refractivity contribution >= 4 is 23.5 Å². The standard InChI is InChI=1S/C25H20FNO4/c1-15-21(31-25(29)17-5-4-6-18(26)14-17)12-11-20-23(28)22(30-24(15)20)13-16-7-9-19(10-8-16)27(2)3/h4-14H,1-3H3/b22-13-. The predicted octanol–water partition coefficient (Wildman–Crippen LogP) is 5.04. The molecule has 3 aromatic rings. The maximum absolute atomic E-state index is 13.4. The number of anilines is 1. The Morgan fingerprint density at radius 1 is 1.06 bits per heavy atom. The van der Waals surface area contributed by atoms with Crippen LogP contribution in [0.15, 0.2) is 66.4 Å². The van der Waals surface area contributed by atoms with Gasteiger partial charge in [0, 0.05) is 25.3 Å². The third-order valence-electron chi connectivity index (χ3n) is 5.01. The molecule has 1 aliphatic rings. The average molecular weight is 417 g/mol. The molecule has 0 aromatic heterocycles. The number of rotatable bonds is 4. The van der Waals surface area contributed by atoms with Crippen LogP contribution in [-0.4, -0.2) is 25.8 Å². The summed E-state index contributed by atoms with van der Waals surface area (Å²) < 4.78 is 24.6. The molecule has 5 nitrogen and oxygen atoms in total. The Kier molecular flexibility index (Phi) is 5.29. The first-order valence-corrected chi connectivity index (χ1v) is 9.66. The van der Waals surface area contributed by atoms with Crippen molar-refractivity contribution in [2.75, 3.05) is 19.0 Å². The van der Waals surface area contributed by atoms with Gasteiger partial charge >= 0.3 is 5.97 Å². The number of carbonyl (C=O) groups is 2. The van der Waals surface area contributed by atoms with Crippen LogP contribution in [0, 0.1) is 12.7 Å². The molecule has 4 rings (SSSR count). The molecule has 0 saturated carbocycles. The molecule has 0 saturated heterocycles. The molecule has 0 bridgehead atoms. The normalized spacial score (nSPS) is 13.7. The molecule has 0 radical (unpaired) electrons. The smallest absolute Gasteiger partial charge is 0.343 e. The van der Waals surface area contributed by atoms with E-state index >= 15 is 0 Å². The predicted molar refractivity (Wildman–Crippen MR) is 116 cm³/mol. The molecular weight excluding hydrogens is 397 g/mol. The average Bonchev–Trinajstić information content (AvgIpc) is 3.06. The molecule has 31 heavy (non-hydrogen) atoms. The topological polar surface area (TPSA) is 55.8 Å². The highest BCUT2D eigenvalue weighted by molar-refractivity contribution is 6.15. The summed E-state index contributed by atoms with van der Waals surface area (Å²) in [6, 6.07) is 16.1. The number of Topliss-reactive ketones (excluding diaryl/α,β-unsaturated/α-hetero) is 1. The van der Waals surface area contributed by atoms with Gasteiger partial charge in [-0.25, -0.2) is 9.18 Å². The van der Waals surface area contributed by atoms with Gasteiger partial charge in [0.25, 0.3) is 0 Å². The van der Waals surface area contributed by atoms with E-state index in [0.29, 0.717) is 16.9 Å². The molecule has 0 amide bonds. The lowest BCUT2D eigenvalue weighted by atomic mass is 10.1. The van der Waals surface area contributed by atoms with Crippen LogP contribution in [0.2, 0.25) is 0 Å². The fourth-order valence-corrected chi connectivity index (χ4v) is 3.27. The zero-order valence-corrected chi connectivity index (χ0v) is 17.3. The SMILES string of the molecule is Cc1c(OC(=O)c2cccc(F)c2)ccc2c1O/C(=C\c1ccc(N(C)C)cc1)C2=O. The maximum atomic E-state index is 13.4. The van der Waals surface area contributed by atoms with Crippen LogP contribution in [-0.2, 0) is 0 Å². The summed E-state index contributed by atoms with van der Waals surface area (Å²) in [5.74, 6) is -0.656. The number of benzene rings is 3. The molecule has 0 fully saturated rings. The minimum absolute atomic E-state index is 0.0960. The van der Waals surface area contributed by atoms with E-state index < -0.39 is 11.8 Å². The van der Waals surface area contributed by atoms with Gasteiger partial charge in [-0.1, -0.05) is 18.2 Å². The second-order valence-corrected chi connectivity index (χ2v) is 7.39. The van der Waals surface area contributed by atoms with Gasteiger partial charge in [-0.3, -0.25) is 4.79 Å². The quantitative estimate of drug-likeness (QED) is 0.338. The van der Waals surface area contributed by atoms with E-state index in [0.717, 1.165) is 17.3 Å². The zero-order chi connectivity index (χ0) is 22.1. The zero-order valence-electron chi connectivity index (χ0n) is 17.3. The van der Waals surface area contributed by atoms with Crippen LogP contribution in [0.1, 0.15) is 31.8 Å². The Balaban J connectivity index is 1.58. The number of allylic oxidation sites excluding steroid dienone is 1.